The fraction of sp³-hybridized carbons (Fsp3) is 0.158. The average Bonchev–Trinajstić information content (AvgIpc) is 2.88. The molecule has 0 saturated heterocycles. The van der Waals surface area contributed by atoms with Gasteiger partial charge in [-0.15, -0.1) is 0 Å². The Kier molecular flexibility index (Phi) is 4.89. The zero-order valence-corrected chi connectivity index (χ0v) is 14.1. The third-order valence-electron chi connectivity index (χ3n) is 4.19. The fourth-order valence-electron chi connectivity index (χ4n) is 2.83. The molecular weight excluding hydrogens is 352 g/mol. The summed E-state index contributed by atoms with van der Waals surface area (Å²) in [5, 5.41) is 20.9. The largest absolute Gasteiger partial charge is 0.508 e. The maximum Gasteiger partial charge on any atom is 0.326 e. The van der Waals surface area contributed by atoms with Crippen molar-refractivity contribution in [1.82, 2.24) is 10.2 Å². The Labute approximate surface area is 154 Å². The lowest BCUT2D eigenvalue weighted by atomic mass is 10.1. The number of carbonyl (C=O) groups is 4. The standard InChI is InChI=1S/C19H16N2O6/c22-12-7-5-11(6-8-12)9-15(19(26)27)20-16(23)10-21-17(24)13-3-1-2-4-14(13)18(21)25/h1-8,15,22H,9-10H2,(H,20,23)(H,26,27)/t15-/m1/s1. The second-order valence-electron chi connectivity index (χ2n) is 6.07. The summed E-state index contributed by atoms with van der Waals surface area (Å²) in [5.41, 5.74) is 1.03. The fourth-order valence-corrected chi connectivity index (χ4v) is 2.83. The summed E-state index contributed by atoms with van der Waals surface area (Å²) < 4.78 is 0. The first-order valence-electron chi connectivity index (χ1n) is 8.12. The van der Waals surface area contributed by atoms with Crippen LogP contribution in [0.15, 0.2) is 48.5 Å². The van der Waals surface area contributed by atoms with E-state index >= 15 is 0 Å². The van der Waals surface area contributed by atoms with E-state index < -0.39 is 36.3 Å². The van der Waals surface area contributed by atoms with E-state index in [9.17, 15) is 29.4 Å². The Bertz CT molecular complexity index is 887. The molecule has 1 heterocycles. The van der Waals surface area contributed by atoms with Crippen LogP contribution in [0.2, 0.25) is 0 Å². The van der Waals surface area contributed by atoms with Crippen molar-refractivity contribution in [2.45, 2.75) is 12.5 Å². The number of nitrogens with zero attached hydrogens (tertiary/aromatic N) is 1. The Morgan fingerprint density at radius 3 is 2.04 bits per heavy atom. The lowest BCUT2D eigenvalue weighted by Gasteiger charge is -2.18. The Morgan fingerprint density at radius 2 is 1.52 bits per heavy atom. The quantitative estimate of drug-likeness (QED) is 0.648. The van der Waals surface area contributed by atoms with Crippen LogP contribution in [0.25, 0.3) is 0 Å². The number of imide groups is 1. The maximum absolute atomic E-state index is 12.3. The molecule has 1 aliphatic heterocycles. The van der Waals surface area contributed by atoms with Crippen LogP contribution < -0.4 is 5.32 Å². The molecule has 3 amide bonds. The van der Waals surface area contributed by atoms with Gasteiger partial charge in [0.1, 0.15) is 18.3 Å². The number of carboxylic acid groups (broad SMARTS) is 1. The van der Waals surface area contributed by atoms with Crippen LogP contribution in [0.5, 0.6) is 5.75 Å². The minimum Gasteiger partial charge on any atom is -0.508 e. The predicted octanol–water partition coefficient (Wildman–Crippen LogP) is 0.800. The average molecular weight is 368 g/mol. The first kappa shape index (κ1) is 18.1. The van der Waals surface area contributed by atoms with Crippen LogP contribution in [0.1, 0.15) is 26.3 Å². The molecule has 0 saturated carbocycles. The van der Waals surface area contributed by atoms with Gasteiger partial charge in [-0.25, -0.2) is 4.79 Å². The molecule has 1 aliphatic rings. The first-order valence-corrected chi connectivity index (χ1v) is 8.12. The van der Waals surface area contributed by atoms with Gasteiger partial charge in [-0.1, -0.05) is 24.3 Å². The van der Waals surface area contributed by atoms with Gasteiger partial charge in [0.2, 0.25) is 5.91 Å². The van der Waals surface area contributed by atoms with Gasteiger partial charge >= 0.3 is 5.97 Å². The number of fused-ring (bicyclic) bond motifs is 1. The third kappa shape index (κ3) is 3.79. The summed E-state index contributed by atoms with van der Waals surface area (Å²) in [6.45, 7) is -0.564. The summed E-state index contributed by atoms with van der Waals surface area (Å²) in [7, 11) is 0. The van der Waals surface area contributed by atoms with Gasteiger partial charge in [0.15, 0.2) is 0 Å². The van der Waals surface area contributed by atoms with Crippen molar-refractivity contribution >= 4 is 23.7 Å². The summed E-state index contributed by atoms with van der Waals surface area (Å²) in [5.74, 6) is -3.14. The number of nitrogens with one attached hydrogen (secondary N) is 1. The molecule has 138 valence electrons. The topological polar surface area (TPSA) is 124 Å². The van der Waals surface area contributed by atoms with Crippen molar-refractivity contribution in [3.8, 4) is 5.75 Å². The molecule has 3 N–H and O–H groups in total. The number of aliphatic carboxylic acids is 1. The van der Waals surface area contributed by atoms with E-state index in [4.69, 9.17) is 0 Å². The number of benzene rings is 2. The number of rotatable bonds is 6. The number of carboxylic acids is 1. The smallest absolute Gasteiger partial charge is 0.326 e. The van der Waals surface area contributed by atoms with Crippen molar-refractivity contribution in [2.75, 3.05) is 6.54 Å². The molecule has 8 heteroatoms. The van der Waals surface area contributed by atoms with Crippen LogP contribution in [-0.2, 0) is 16.0 Å². The normalized spacial score (nSPS) is 14.0. The summed E-state index contributed by atoms with van der Waals surface area (Å²) in [4.78, 5) is 49.0. The van der Waals surface area contributed by atoms with Crippen molar-refractivity contribution in [3.63, 3.8) is 0 Å². The number of amides is 3. The molecule has 1 atom stereocenters. The second-order valence-corrected chi connectivity index (χ2v) is 6.07. The second kappa shape index (κ2) is 7.28. The van der Waals surface area contributed by atoms with Gasteiger partial charge in [0.25, 0.3) is 11.8 Å². The zero-order chi connectivity index (χ0) is 19.6. The molecule has 0 aromatic heterocycles. The van der Waals surface area contributed by atoms with Gasteiger partial charge in [-0.2, -0.15) is 0 Å². The minimum atomic E-state index is -1.25. The highest BCUT2D eigenvalue weighted by atomic mass is 16.4. The van der Waals surface area contributed by atoms with Gasteiger partial charge in [0.05, 0.1) is 11.1 Å². The first-order chi connectivity index (χ1) is 12.9. The van der Waals surface area contributed by atoms with E-state index in [1.807, 2.05) is 0 Å². The van der Waals surface area contributed by atoms with Crippen LogP contribution in [0.3, 0.4) is 0 Å². The molecule has 0 radical (unpaired) electrons. The molecule has 3 rings (SSSR count). The van der Waals surface area contributed by atoms with Crippen molar-refractivity contribution in [1.29, 1.82) is 0 Å². The molecule has 0 spiro atoms. The third-order valence-corrected chi connectivity index (χ3v) is 4.19. The number of aromatic hydroxyl groups is 1. The zero-order valence-electron chi connectivity index (χ0n) is 14.1. The van der Waals surface area contributed by atoms with Gasteiger partial charge in [-0.3, -0.25) is 19.3 Å². The highest BCUT2D eigenvalue weighted by molar-refractivity contribution is 6.22. The Hall–Kier alpha value is -3.68. The van der Waals surface area contributed by atoms with Crippen LogP contribution >= 0.6 is 0 Å². The van der Waals surface area contributed by atoms with Crippen molar-refractivity contribution in [2.24, 2.45) is 0 Å². The van der Waals surface area contributed by atoms with E-state index in [-0.39, 0.29) is 23.3 Å². The molecule has 0 aliphatic carbocycles. The number of phenolic OH excluding ortho intramolecular Hbond substituents is 1. The van der Waals surface area contributed by atoms with Crippen LogP contribution in [0, 0.1) is 0 Å². The monoisotopic (exact) mass is 368 g/mol. The predicted molar refractivity (Wildman–Crippen MR) is 93.2 cm³/mol. The van der Waals surface area contributed by atoms with Crippen LogP contribution in [0.4, 0.5) is 0 Å². The molecule has 0 fully saturated rings. The molecule has 0 unspecified atom stereocenters. The van der Waals surface area contributed by atoms with Crippen molar-refractivity contribution < 1.29 is 29.4 Å². The Morgan fingerprint density at radius 1 is 0.963 bits per heavy atom. The minimum absolute atomic E-state index is 0.0104. The maximum atomic E-state index is 12.3. The lowest BCUT2D eigenvalue weighted by molar-refractivity contribution is -0.141. The van der Waals surface area contributed by atoms with Gasteiger partial charge in [0, 0.05) is 6.42 Å². The SMILES string of the molecule is O=C(CN1C(=O)c2ccccc2C1=O)N[C@H](Cc1ccc(O)cc1)C(=O)O. The summed E-state index contributed by atoms with van der Waals surface area (Å²) in [6, 6.07) is 10.9. The van der Waals surface area contributed by atoms with Gasteiger partial charge < -0.3 is 15.5 Å². The summed E-state index contributed by atoms with van der Waals surface area (Å²) >= 11 is 0. The lowest BCUT2D eigenvalue weighted by Crippen LogP contribution is -2.47. The number of phenols is 1. The molecule has 2 aromatic rings. The Balaban J connectivity index is 1.67. The molecule has 2 aromatic carbocycles. The number of hydrogen-bond acceptors (Lipinski definition) is 5. The molecular formula is C19H16N2O6. The van der Waals surface area contributed by atoms with E-state index in [1.165, 1.54) is 24.3 Å². The number of hydrogen-bond donors (Lipinski definition) is 3. The summed E-state index contributed by atoms with van der Waals surface area (Å²) in [6.07, 6.45) is -0.0104. The number of carbonyl (C=O) groups excluding carboxylic acids is 3. The highest BCUT2D eigenvalue weighted by Gasteiger charge is 2.36. The van der Waals surface area contributed by atoms with Gasteiger partial charge in [-0.05, 0) is 29.8 Å². The van der Waals surface area contributed by atoms with E-state index in [0.717, 1.165) is 4.90 Å². The van der Waals surface area contributed by atoms with E-state index in [2.05, 4.69) is 5.32 Å². The van der Waals surface area contributed by atoms with E-state index in [1.54, 1.807) is 24.3 Å². The van der Waals surface area contributed by atoms with Crippen LogP contribution in [-0.4, -0.2) is 51.4 Å². The van der Waals surface area contributed by atoms with E-state index in [0.29, 0.717) is 5.56 Å². The van der Waals surface area contributed by atoms with Crippen molar-refractivity contribution in [3.05, 3.63) is 65.2 Å². The molecule has 27 heavy (non-hydrogen) atoms. The molecule has 8 nitrogen and oxygen atoms in total. The molecule has 0 bridgehead atoms. The highest BCUT2D eigenvalue weighted by Crippen LogP contribution is 2.22.